The molecule has 2 saturated heterocycles. The Balaban J connectivity index is 2.01. The van der Waals surface area contributed by atoms with Crippen LogP contribution in [0, 0.1) is 0 Å². The van der Waals surface area contributed by atoms with E-state index in [0.717, 1.165) is 25.9 Å². The molecule has 3 atom stereocenters. The summed E-state index contributed by atoms with van der Waals surface area (Å²) in [5.74, 6) is -0.254. The summed E-state index contributed by atoms with van der Waals surface area (Å²) < 4.78 is 16.1. The van der Waals surface area contributed by atoms with Gasteiger partial charge in [-0.1, -0.05) is 6.92 Å². The van der Waals surface area contributed by atoms with Crippen LogP contribution in [0.1, 0.15) is 39.5 Å². The van der Waals surface area contributed by atoms with Crippen LogP contribution in [0.15, 0.2) is 0 Å². The van der Waals surface area contributed by atoms with Gasteiger partial charge in [0.1, 0.15) is 5.60 Å². The maximum absolute atomic E-state index is 11.7. The molecule has 2 aliphatic rings. The summed E-state index contributed by atoms with van der Waals surface area (Å²) in [6, 6.07) is 0. The Hall–Kier alpha value is -0.610. The molecule has 92 valence electrons. The highest BCUT2D eigenvalue weighted by molar-refractivity contribution is 5.84. The summed E-state index contributed by atoms with van der Waals surface area (Å²) in [6.07, 6.45) is 3.86. The second-order valence-corrected chi connectivity index (χ2v) is 4.84. The molecule has 0 bridgehead atoms. The van der Waals surface area contributed by atoms with Crippen LogP contribution in [0.3, 0.4) is 0 Å². The molecule has 0 aromatic rings. The lowest BCUT2D eigenvalue weighted by atomic mass is 9.87. The van der Waals surface area contributed by atoms with Crippen LogP contribution in [-0.2, 0) is 19.0 Å². The first-order valence-corrected chi connectivity index (χ1v) is 5.98. The highest BCUT2D eigenvalue weighted by atomic mass is 16.7. The van der Waals surface area contributed by atoms with Gasteiger partial charge in [-0.2, -0.15) is 0 Å². The zero-order valence-corrected chi connectivity index (χ0v) is 10.2. The van der Waals surface area contributed by atoms with Crippen molar-refractivity contribution in [3.05, 3.63) is 0 Å². The van der Waals surface area contributed by atoms with Crippen LogP contribution >= 0.6 is 0 Å². The average molecular weight is 228 g/mol. The molecule has 0 amide bonds. The Morgan fingerprint density at radius 2 is 2.31 bits per heavy atom. The van der Waals surface area contributed by atoms with Crippen molar-refractivity contribution in [2.75, 3.05) is 13.7 Å². The predicted molar refractivity (Wildman–Crippen MR) is 58.1 cm³/mol. The van der Waals surface area contributed by atoms with Crippen LogP contribution in [0.5, 0.6) is 0 Å². The number of esters is 1. The van der Waals surface area contributed by atoms with E-state index in [2.05, 4.69) is 0 Å². The molecular weight excluding hydrogens is 208 g/mol. The topological polar surface area (TPSA) is 48.1 Å². The minimum atomic E-state index is -0.728. The van der Waals surface area contributed by atoms with Gasteiger partial charge in [0.15, 0.2) is 5.60 Å². The fourth-order valence-corrected chi connectivity index (χ4v) is 2.82. The Labute approximate surface area is 96.2 Å². The minimum Gasteiger partial charge on any atom is -0.467 e. The second-order valence-electron chi connectivity index (χ2n) is 4.84. The van der Waals surface area contributed by atoms with E-state index in [9.17, 15) is 4.79 Å². The van der Waals surface area contributed by atoms with Crippen molar-refractivity contribution in [2.24, 2.45) is 0 Å². The van der Waals surface area contributed by atoms with E-state index in [1.54, 1.807) is 0 Å². The third-order valence-electron chi connectivity index (χ3n) is 3.87. The third-order valence-corrected chi connectivity index (χ3v) is 3.87. The van der Waals surface area contributed by atoms with Crippen LogP contribution in [0.4, 0.5) is 0 Å². The second kappa shape index (κ2) is 4.00. The zero-order valence-electron chi connectivity index (χ0n) is 10.2. The highest BCUT2D eigenvalue weighted by Crippen LogP contribution is 2.54. The molecule has 2 heterocycles. The van der Waals surface area contributed by atoms with E-state index in [1.165, 1.54) is 7.11 Å². The smallest absolute Gasteiger partial charge is 0.341 e. The standard InChI is InChI=1S/C12H20O4/c1-4-12(10(13)14-3)11(2,16-12)8-9-6-5-7-15-9/h9H,4-8H2,1-3H3. The van der Waals surface area contributed by atoms with Gasteiger partial charge in [0.05, 0.1) is 13.2 Å². The summed E-state index contributed by atoms with van der Waals surface area (Å²) >= 11 is 0. The lowest BCUT2D eigenvalue weighted by Crippen LogP contribution is -2.35. The van der Waals surface area contributed by atoms with Gasteiger partial charge in [-0.25, -0.2) is 4.79 Å². The summed E-state index contributed by atoms with van der Waals surface area (Å²) in [5, 5.41) is 0. The number of rotatable bonds is 4. The van der Waals surface area contributed by atoms with Crippen molar-refractivity contribution in [1.29, 1.82) is 0 Å². The molecule has 4 heteroatoms. The van der Waals surface area contributed by atoms with E-state index < -0.39 is 11.2 Å². The van der Waals surface area contributed by atoms with Gasteiger partial charge in [0.25, 0.3) is 0 Å². The van der Waals surface area contributed by atoms with Gasteiger partial charge in [-0.15, -0.1) is 0 Å². The molecule has 0 aromatic heterocycles. The highest BCUT2D eigenvalue weighted by Gasteiger charge is 2.71. The average Bonchev–Trinajstić information content (AvgIpc) is 2.65. The van der Waals surface area contributed by atoms with E-state index in [-0.39, 0.29) is 12.1 Å². The van der Waals surface area contributed by atoms with Crippen molar-refractivity contribution in [3.8, 4) is 0 Å². The van der Waals surface area contributed by atoms with E-state index in [0.29, 0.717) is 6.42 Å². The first-order valence-electron chi connectivity index (χ1n) is 5.98. The monoisotopic (exact) mass is 228 g/mol. The maximum Gasteiger partial charge on any atom is 0.341 e. The van der Waals surface area contributed by atoms with Gasteiger partial charge in [0.2, 0.25) is 0 Å². The molecule has 0 radical (unpaired) electrons. The third kappa shape index (κ3) is 1.64. The largest absolute Gasteiger partial charge is 0.467 e. The molecule has 4 nitrogen and oxygen atoms in total. The van der Waals surface area contributed by atoms with Gasteiger partial charge in [-0.3, -0.25) is 0 Å². The number of methoxy groups -OCH3 is 1. The summed E-state index contributed by atoms with van der Waals surface area (Å²) in [4.78, 5) is 11.7. The quantitative estimate of drug-likeness (QED) is 0.542. The minimum absolute atomic E-state index is 0.239. The van der Waals surface area contributed by atoms with Crippen molar-refractivity contribution in [1.82, 2.24) is 0 Å². The normalized spacial score (nSPS) is 42.1. The van der Waals surface area contributed by atoms with Crippen LogP contribution in [-0.4, -0.2) is 37.0 Å². The summed E-state index contributed by atoms with van der Waals surface area (Å²) in [6.45, 7) is 4.77. The molecule has 2 aliphatic heterocycles. The molecule has 0 saturated carbocycles. The molecular formula is C12H20O4. The van der Waals surface area contributed by atoms with E-state index in [1.807, 2.05) is 13.8 Å². The van der Waals surface area contributed by atoms with Gasteiger partial charge >= 0.3 is 5.97 Å². The van der Waals surface area contributed by atoms with Gasteiger partial charge < -0.3 is 14.2 Å². The van der Waals surface area contributed by atoms with Crippen LogP contribution in [0.25, 0.3) is 0 Å². The van der Waals surface area contributed by atoms with Crippen LogP contribution < -0.4 is 0 Å². The zero-order chi connectivity index (χ0) is 11.8. The predicted octanol–water partition coefficient (Wildman–Crippen LogP) is 1.67. The Morgan fingerprint density at radius 1 is 1.56 bits per heavy atom. The molecule has 16 heavy (non-hydrogen) atoms. The first kappa shape index (κ1) is 11.9. The Bertz CT molecular complexity index is 285. The van der Waals surface area contributed by atoms with Gasteiger partial charge in [0, 0.05) is 13.0 Å². The van der Waals surface area contributed by atoms with E-state index >= 15 is 0 Å². The molecule has 0 spiro atoms. The van der Waals surface area contributed by atoms with E-state index in [4.69, 9.17) is 14.2 Å². The van der Waals surface area contributed by atoms with Crippen molar-refractivity contribution < 1.29 is 19.0 Å². The summed E-state index contributed by atoms with van der Waals surface area (Å²) in [7, 11) is 1.41. The number of carbonyl (C=O) groups excluding carboxylic acids is 1. The number of carbonyl (C=O) groups is 1. The van der Waals surface area contributed by atoms with Gasteiger partial charge in [-0.05, 0) is 26.2 Å². The molecule has 0 aliphatic carbocycles. The lowest BCUT2D eigenvalue weighted by molar-refractivity contribution is -0.147. The Morgan fingerprint density at radius 3 is 2.81 bits per heavy atom. The molecule has 2 rings (SSSR count). The number of ether oxygens (including phenoxy) is 3. The van der Waals surface area contributed by atoms with Crippen molar-refractivity contribution >= 4 is 5.97 Å². The van der Waals surface area contributed by atoms with Crippen molar-refractivity contribution in [2.45, 2.75) is 56.8 Å². The summed E-state index contributed by atoms with van der Waals surface area (Å²) in [5.41, 5.74) is -1.13. The molecule has 3 unspecified atom stereocenters. The Kier molecular flexibility index (Phi) is 2.97. The fraction of sp³-hybridized carbons (Fsp3) is 0.917. The van der Waals surface area contributed by atoms with Crippen molar-refractivity contribution in [3.63, 3.8) is 0 Å². The number of hydrogen-bond donors (Lipinski definition) is 0. The SMILES string of the molecule is CCC1(C(=O)OC)OC1(C)CC1CCCO1. The first-order chi connectivity index (χ1) is 7.58. The molecule has 2 fully saturated rings. The van der Waals surface area contributed by atoms with Crippen LogP contribution in [0.2, 0.25) is 0 Å². The number of hydrogen-bond acceptors (Lipinski definition) is 4. The number of epoxide rings is 1. The fourth-order valence-electron chi connectivity index (χ4n) is 2.82. The lowest BCUT2D eigenvalue weighted by Gasteiger charge is -2.16. The molecule has 0 aromatic carbocycles. The molecule has 0 N–H and O–H groups in total. The maximum atomic E-state index is 11.7.